The van der Waals surface area contributed by atoms with E-state index in [2.05, 4.69) is 5.32 Å². The van der Waals surface area contributed by atoms with Crippen molar-refractivity contribution in [2.24, 2.45) is 11.7 Å². The third-order valence-corrected chi connectivity index (χ3v) is 3.11. The minimum Gasteiger partial charge on any atom is -0.390 e. The van der Waals surface area contributed by atoms with E-state index in [0.717, 1.165) is 12.5 Å². The van der Waals surface area contributed by atoms with Crippen molar-refractivity contribution in [2.45, 2.75) is 44.6 Å². The maximum Gasteiger partial charge on any atom is 0.0786 e. The largest absolute Gasteiger partial charge is 0.390 e. The standard InChI is InChI=1S/C11H24N2O/c12-8-11(14)9-13-7-6-10-4-2-1-3-5-10/h10-11,13-14H,1-9,12H2. The highest BCUT2D eigenvalue weighted by Gasteiger charge is 2.12. The van der Waals surface area contributed by atoms with Crippen LogP contribution in [0.4, 0.5) is 0 Å². The Balaban J connectivity index is 1.92. The highest BCUT2D eigenvalue weighted by molar-refractivity contribution is 4.67. The number of rotatable bonds is 6. The molecular formula is C11H24N2O. The van der Waals surface area contributed by atoms with Crippen molar-refractivity contribution in [1.82, 2.24) is 5.32 Å². The van der Waals surface area contributed by atoms with Crippen LogP contribution in [0.15, 0.2) is 0 Å². The number of aliphatic hydroxyl groups excluding tert-OH is 1. The van der Waals surface area contributed by atoms with Gasteiger partial charge in [-0.15, -0.1) is 0 Å². The third kappa shape index (κ3) is 4.94. The minimum absolute atomic E-state index is 0.358. The molecule has 3 nitrogen and oxygen atoms in total. The molecule has 0 spiro atoms. The highest BCUT2D eigenvalue weighted by atomic mass is 16.3. The SMILES string of the molecule is NCC(O)CNCCC1CCCCC1. The summed E-state index contributed by atoms with van der Waals surface area (Å²) >= 11 is 0. The van der Waals surface area contributed by atoms with Crippen LogP contribution in [0.25, 0.3) is 0 Å². The molecule has 0 saturated heterocycles. The topological polar surface area (TPSA) is 58.3 Å². The minimum atomic E-state index is -0.374. The van der Waals surface area contributed by atoms with Crippen LogP contribution in [0.2, 0.25) is 0 Å². The van der Waals surface area contributed by atoms with Crippen LogP contribution in [-0.4, -0.2) is 30.8 Å². The van der Waals surface area contributed by atoms with Crippen molar-refractivity contribution in [1.29, 1.82) is 0 Å². The molecule has 0 bridgehead atoms. The van der Waals surface area contributed by atoms with E-state index in [9.17, 15) is 5.11 Å². The molecule has 1 saturated carbocycles. The molecule has 1 fully saturated rings. The second kappa shape index (κ2) is 7.21. The molecule has 0 aromatic rings. The zero-order valence-corrected chi connectivity index (χ0v) is 9.04. The van der Waals surface area contributed by atoms with E-state index in [-0.39, 0.29) is 6.10 Å². The third-order valence-electron chi connectivity index (χ3n) is 3.11. The predicted octanol–water partition coefficient (Wildman–Crippen LogP) is 0.866. The Morgan fingerprint density at radius 3 is 2.64 bits per heavy atom. The van der Waals surface area contributed by atoms with E-state index in [4.69, 9.17) is 5.73 Å². The van der Waals surface area contributed by atoms with Crippen LogP contribution in [0.3, 0.4) is 0 Å². The molecule has 1 unspecified atom stereocenters. The summed E-state index contributed by atoms with van der Waals surface area (Å²) in [4.78, 5) is 0. The van der Waals surface area contributed by atoms with E-state index < -0.39 is 0 Å². The molecule has 4 N–H and O–H groups in total. The summed E-state index contributed by atoms with van der Waals surface area (Å²) in [5, 5.41) is 12.5. The predicted molar refractivity (Wildman–Crippen MR) is 59.1 cm³/mol. The van der Waals surface area contributed by atoms with E-state index in [0.29, 0.717) is 13.1 Å². The van der Waals surface area contributed by atoms with Gasteiger partial charge in [0.2, 0.25) is 0 Å². The summed E-state index contributed by atoms with van der Waals surface area (Å²) < 4.78 is 0. The van der Waals surface area contributed by atoms with Crippen molar-refractivity contribution in [3.63, 3.8) is 0 Å². The summed E-state index contributed by atoms with van der Waals surface area (Å²) in [5.74, 6) is 0.922. The van der Waals surface area contributed by atoms with E-state index in [1.54, 1.807) is 0 Å². The summed E-state index contributed by atoms with van der Waals surface area (Å²) in [6.07, 6.45) is 7.95. The van der Waals surface area contributed by atoms with Crippen LogP contribution in [0.5, 0.6) is 0 Å². The van der Waals surface area contributed by atoms with Gasteiger partial charge in [0.15, 0.2) is 0 Å². The molecule has 1 aliphatic carbocycles. The maximum atomic E-state index is 9.21. The van der Waals surface area contributed by atoms with Crippen LogP contribution in [0, 0.1) is 5.92 Å². The smallest absolute Gasteiger partial charge is 0.0786 e. The molecule has 14 heavy (non-hydrogen) atoms. The summed E-state index contributed by atoms with van der Waals surface area (Å²) in [7, 11) is 0. The molecule has 0 aliphatic heterocycles. The number of aliphatic hydroxyl groups is 1. The Morgan fingerprint density at radius 2 is 2.00 bits per heavy atom. The van der Waals surface area contributed by atoms with Gasteiger partial charge in [0.05, 0.1) is 6.10 Å². The van der Waals surface area contributed by atoms with Gasteiger partial charge >= 0.3 is 0 Å². The van der Waals surface area contributed by atoms with E-state index in [1.165, 1.54) is 38.5 Å². The van der Waals surface area contributed by atoms with E-state index >= 15 is 0 Å². The summed E-state index contributed by atoms with van der Waals surface area (Å²) in [5.41, 5.74) is 5.31. The zero-order valence-electron chi connectivity index (χ0n) is 9.04. The second-order valence-electron chi connectivity index (χ2n) is 4.39. The van der Waals surface area contributed by atoms with Crippen molar-refractivity contribution in [2.75, 3.05) is 19.6 Å². The average molecular weight is 200 g/mol. The van der Waals surface area contributed by atoms with Crippen molar-refractivity contribution >= 4 is 0 Å². The first-order valence-electron chi connectivity index (χ1n) is 5.91. The zero-order chi connectivity index (χ0) is 10.2. The Kier molecular flexibility index (Phi) is 6.15. The Bertz CT molecular complexity index is 135. The molecule has 0 aromatic heterocycles. The molecular weight excluding hydrogens is 176 g/mol. The second-order valence-corrected chi connectivity index (χ2v) is 4.39. The fourth-order valence-electron chi connectivity index (χ4n) is 2.13. The number of hydrogen-bond donors (Lipinski definition) is 3. The fourth-order valence-corrected chi connectivity index (χ4v) is 2.13. The molecule has 1 atom stereocenters. The monoisotopic (exact) mass is 200 g/mol. The van der Waals surface area contributed by atoms with Crippen LogP contribution in [0.1, 0.15) is 38.5 Å². The molecule has 84 valence electrons. The van der Waals surface area contributed by atoms with Crippen molar-refractivity contribution < 1.29 is 5.11 Å². The summed E-state index contributed by atoms with van der Waals surface area (Å²) in [6.45, 7) is 2.03. The van der Waals surface area contributed by atoms with Gasteiger partial charge in [-0.1, -0.05) is 32.1 Å². The lowest BCUT2D eigenvalue weighted by molar-refractivity contribution is 0.178. The van der Waals surface area contributed by atoms with Crippen LogP contribution >= 0.6 is 0 Å². The normalized spacial score (nSPS) is 21.0. The first-order valence-corrected chi connectivity index (χ1v) is 5.91. The fraction of sp³-hybridized carbons (Fsp3) is 1.00. The molecule has 1 rings (SSSR count). The van der Waals surface area contributed by atoms with Gasteiger partial charge in [0.25, 0.3) is 0 Å². The Hall–Kier alpha value is -0.120. The molecule has 0 amide bonds. The molecule has 1 aliphatic rings. The van der Waals surface area contributed by atoms with Crippen LogP contribution < -0.4 is 11.1 Å². The van der Waals surface area contributed by atoms with Gasteiger partial charge in [-0.05, 0) is 18.9 Å². The Morgan fingerprint density at radius 1 is 1.29 bits per heavy atom. The Labute approximate surface area is 87.1 Å². The van der Waals surface area contributed by atoms with Gasteiger partial charge in [0, 0.05) is 13.1 Å². The van der Waals surface area contributed by atoms with Gasteiger partial charge in [-0.3, -0.25) is 0 Å². The quantitative estimate of drug-likeness (QED) is 0.558. The van der Waals surface area contributed by atoms with Crippen molar-refractivity contribution in [3.8, 4) is 0 Å². The van der Waals surface area contributed by atoms with Gasteiger partial charge in [-0.25, -0.2) is 0 Å². The summed E-state index contributed by atoms with van der Waals surface area (Å²) in [6, 6.07) is 0. The lowest BCUT2D eigenvalue weighted by atomic mass is 9.87. The number of nitrogens with two attached hydrogens (primary N) is 1. The van der Waals surface area contributed by atoms with Gasteiger partial charge in [0.1, 0.15) is 0 Å². The number of hydrogen-bond acceptors (Lipinski definition) is 3. The first-order chi connectivity index (χ1) is 6.83. The molecule has 0 aromatic carbocycles. The van der Waals surface area contributed by atoms with Gasteiger partial charge < -0.3 is 16.2 Å². The molecule has 0 radical (unpaired) electrons. The van der Waals surface area contributed by atoms with E-state index in [1.807, 2.05) is 0 Å². The van der Waals surface area contributed by atoms with Gasteiger partial charge in [-0.2, -0.15) is 0 Å². The molecule has 0 heterocycles. The average Bonchev–Trinajstić information content (AvgIpc) is 2.25. The van der Waals surface area contributed by atoms with Crippen molar-refractivity contribution in [3.05, 3.63) is 0 Å². The lowest BCUT2D eigenvalue weighted by Gasteiger charge is -2.21. The highest BCUT2D eigenvalue weighted by Crippen LogP contribution is 2.25. The first kappa shape index (κ1) is 12.0. The lowest BCUT2D eigenvalue weighted by Crippen LogP contribution is -2.33. The number of nitrogens with one attached hydrogen (secondary N) is 1. The molecule has 3 heteroatoms. The van der Waals surface area contributed by atoms with Crippen LogP contribution in [-0.2, 0) is 0 Å². The maximum absolute atomic E-state index is 9.21.